The number of carbonyl (C=O) groups excluding carboxylic acids is 2. The quantitative estimate of drug-likeness (QED) is 0.205. The molecule has 1 heterocycles. The molecule has 1 atom stereocenters. The topological polar surface area (TPSA) is 113 Å². The molecule has 0 unspecified atom stereocenters. The van der Waals surface area contributed by atoms with Gasteiger partial charge in [0.1, 0.15) is 11.5 Å². The van der Waals surface area contributed by atoms with Crippen molar-refractivity contribution in [1.29, 1.82) is 0 Å². The van der Waals surface area contributed by atoms with Crippen LogP contribution in [0.15, 0.2) is 48.0 Å². The molecule has 1 aliphatic heterocycles. The summed E-state index contributed by atoms with van der Waals surface area (Å²) in [5.74, 6) is -1.55. The predicted octanol–water partition coefficient (Wildman–Crippen LogP) is 3.63. The van der Waals surface area contributed by atoms with Crippen LogP contribution in [0.3, 0.4) is 0 Å². The van der Waals surface area contributed by atoms with E-state index in [1.807, 2.05) is 19.0 Å². The summed E-state index contributed by atoms with van der Waals surface area (Å²) in [7, 11) is 5.25. The zero-order chi connectivity index (χ0) is 24.3. The number of carbonyl (C=O) groups is 2. The Labute approximate surface area is 196 Å². The van der Waals surface area contributed by atoms with Crippen molar-refractivity contribution in [3.63, 3.8) is 0 Å². The van der Waals surface area contributed by atoms with Crippen LogP contribution in [0, 0.1) is 10.1 Å². The Morgan fingerprint density at radius 3 is 2.42 bits per heavy atom. The highest BCUT2D eigenvalue weighted by Gasteiger charge is 2.45. The Balaban J connectivity index is 2.11. The van der Waals surface area contributed by atoms with Crippen LogP contribution >= 0.6 is 11.6 Å². The normalized spacial score (nSPS) is 17.6. The number of hydrogen-bond donors (Lipinski definition) is 1. The van der Waals surface area contributed by atoms with Gasteiger partial charge < -0.3 is 19.6 Å². The number of rotatable bonds is 8. The molecule has 1 aliphatic rings. The van der Waals surface area contributed by atoms with E-state index in [0.717, 1.165) is 0 Å². The van der Waals surface area contributed by atoms with E-state index in [2.05, 4.69) is 0 Å². The lowest BCUT2D eigenvalue weighted by molar-refractivity contribution is -0.384. The van der Waals surface area contributed by atoms with Crippen molar-refractivity contribution >= 4 is 34.7 Å². The van der Waals surface area contributed by atoms with Gasteiger partial charge in [-0.25, -0.2) is 0 Å². The summed E-state index contributed by atoms with van der Waals surface area (Å²) in [4.78, 5) is 39.8. The van der Waals surface area contributed by atoms with Gasteiger partial charge >= 0.3 is 0 Å². The van der Waals surface area contributed by atoms with Gasteiger partial charge in [0, 0.05) is 24.2 Å². The first-order valence-electron chi connectivity index (χ1n) is 10.2. The zero-order valence-corrected chi connectivity index (χ0v) is 19.2. The summed E-state index contributed by atoms with van der Waals surface area (Å²) in [5, 5.41) is 22.4. The van der Waals surface area contributed by atoms with Gasteiger partial charge in [0.2, 0.25) is 0 Å². The van der Waals surface area contributed by atoms with E-state index in [-0.39, 0.29) is 34.2 Å². The third-order valence-corrected chi connectivity index (χ3v) is 5.68. The van der Waals surface area contributed by atoms with Gasteiger partial charge in [0.05, 0.1) is 28.7 Å². The lowest BCUT2D eigenvalue weighted by Gasteiger charge is -2.26. The van der Waals surface area contributed by atoms with Crippen molar-refractivity contribution < 1.29 is 24.4 Å². The highest BCUT2D eigenvalue weighted by Crippen LogP contribution is 2.40. The number of nitrogens with zero attached hydrogens (tertiary/aromatic N) is 3. The fraction of sp³-hybridized carbons (Fsp3) is 0.304. The molecular formula is C23H24ClN3O6. The fourth-order valence-corrected chi connectivity index (χ4v) is 4.02. The minimum Gasteiger partial charge on any atom is -0.507 e. The maximum Gasteiger partial charge on any atom is 0.295 e. The number of aliphatic hydroxyl groups is 1. The summed E-state index contributed by atoms with van der Waals surface area (Å²) in [6.45, 7) is 0.953. The first-order valence-corrected chi connectivity index (χ1v) is 10.5. The predicted molar refractivity (Wildman–Crippen MR) is 123 cm³/mol. The first kappa shape index (κ1) is 24.2. The van der Waals surface area contributed by atoms with E-state index in [1.54, 1.807) is 6.07 Å². The molecule has 0 aromatic heterocycles. The number of ether oxygens (including phenoxy) is 1. The van der Waals surface area contributed by atoms with Crippen LogP contribution < -0.4 is 4.74 Å². The van der Waals surface area contributed by atoms with Crippen LogP contribution in [-0.2, 0) is 9.59 Å². The minimum absolute atomic E-state index is 0.0973. The number of benzene rings is 2. The fourth-order valence-electron chi connectivity index (χ4n) is 3.76. The second-order valence-electron chi connectivity index (χ2n) is 7.85. The van der Waals surface area contributed by atoms with Gasteiger partial charge in [-0.3, -0.25) is 19.7 Å². The Hall–Kier alpha value is -3.43. The molecule has 0 bridgehead atoms. The zero-order valence-electron chi connectivity index (χ0n) is 18.4. The maximum atomic E-state index is 13.0. The Morgan fingerprint density at radius 1 is 1.21 bits per heavy atom. The summed E-state index contributed by atoms with van der Waals surface area (Å²) < 4.78 is 5.13. The molecule has 0 radical (unpaired) electrons. The number of non-ortho nitro benzene ring substituents is 1. The van der Waals surface area contributed by atoms with E-state index in [1.165, 1.54) is 48.4 Å². The average Bonchev–Trinajstić information content (AvgIpc) is 3.03. The maximum absolute atomic E-state index is 13.0. The molecule has 1 N–H and O–H groups in total. The number of aliphatic hydroxyl groups excluding tert-OH is 1. The second kappa shape index (κ2) is 10.0. The molecule has 3 rings (SSSR count). The number of Topliss-reactive ketones (excluding diaryl/α,β-unsaturated/α-hetero) is 1. The number of nitro groups is 1. The van der Waals surface area contributed by atoms with Gasteiger partial charge in [0.15, 0.2) is 0 Å². The first-order chi connectivity index (χ1) is 15.6. The van der Waals surface area contributed by atoms with E-state index in [0.29, 0.717) is 24.3 Å². The standard InChI is InChI=1S/C23H24ClN3O6/c1-25(2)11-4-12-26-20(14-5-8-16(9-6-14)27(31)32)19(22(29)23(26)30)21(28)15-7-10-18(33-3)17(24)13-15/h5-10,13,20,28H,4,11-12H2,1-3H3/b21-19+/t20-/m0/s1. The lowest BCUT2D eigenvalue weighted by atomic mass is 9.95. The van der Waals surface area contributed by atoms with Crippen molar-refractivity contribution in [1.82, 2.24) is 9.80 Å². The monoisotopic (exact) mass is 473 g/mol. The van der Waals surface area contributed by atoms with E-state index in [9.17, 15) is 24.8 Å². The second-order valence-corrected chi connectivity index (χ2v) is 8.25. The molecule has 0 saturated carbocycles. The van der Waals surface area contributed by atoms with Crippen molar-refractivity contribution in [2.24, 2.45) is 0 Å². The number of hydrogen-bond acceptors (Lipinski definition) is 7. The smallest absolute Gasteiger partial charge is 0.295 e. The molecule has 2 aromatic rings. The van der Waals surface area contributed by atoms with Crippen LogP contribution in [0.25, 0.3) is 5.76 Å². The average molecular weight is 474 g/mol. The number of halogens is 1. The van der Waals surface area contributed by atoms with E-state index < -0.39 is 22.7 Å². The molecule has 9 nitrogen and oxygen atoms in total. The molecule has 1 fully saturated rings. The van der Waals surface area contributed by atoms with Crippen LogP contribution in [-0.4, -0.2) is 65.8 Å². The van der Waals surface area contributed by atoms with Gasteiger partial charge in [-0.1, -0.05) is 11.6 Å². The summed E-state index contributed by atoms with van der Waals surface area (Å²) >= 11 is 6.18. The summed E-state index contributed by atoms with van der Waals surface area (Å²) in [6, 6.07) is 9.22. The van der Waals surface area contributed by atoms with Crippen LogP contribution in [0.4, 0.5) is 5.69 Å². The highest BCUT2D eigenvalue weighted by atomic mass is 35.5. The van der Waals surface area contributed by atoms with Gasteiger partial charge in [-0.2, -0.15) is 0 Å². The van der Waals surface area contributed by atoms with Gasteiger partial charge in [-0.15, -0.1) is 0 Å². The molecule has 0 spiro atoms. The third kappa shape index (κ3) is 4.99. The van der Waals surface area contributed by atoms with E-state index >= 15 is 0 Å². The Morgan fingerprint density at radius 2 is 1.88 bits per heavy atom. The van der Waals surface area contributed by atoms with E-state index in [4.69, 9.17) is 16.3 Å². The van der Waals surface area contributed by atoms with Crippen LogP contribution in [0.1, 0.15) is 23.6 Å². The van der Waals surface area contributed by atoms with Crippen LogP contribution in [0.2, 0.25) is 5.02 Å². The molecule has 174 valence electrons. The third-order valence-electron chi connectivity index (χ3n) is 5.39. The highest BCUT2D eigenvalue weighted by molar-refractivity contribution is 6.46. The summed E-state index contributed by atoms with van der Waals surface area (Å²) in [6.07, 6.45) is 0.595. The SMILES string of the molecule is COc1ccc(/C(O)=C2\C(=O)C(=O)N(CCCN(C)C)[C@H]2c2ccc([N+](=O)[O-])cc2)cc1Cl. The Kier molecular flexibility index (Phi) is 7.35. The molecule has 2 aromatic carbocycles. The number of likely N-dealkylation sites (tertiary alicyclic amines) is 1. The number of nitro benzene ring substituents is 1. The van der Waals surface area contributed by atoms with Crippen LogP contribution in [0.5, 0.6) is 5.75 Å². The largest absolute Gasteiger partial charge is 0.507 e. The molecule has 0 aliphatic carbocycles. The number of amides is 1. The number of methoxy groups -OCH3 is 1. The molecule has 1 saturated heterocycles. The summed E-state index contributed by atoms with van der Waals surface area (Å²) in [5.41, 5.74) is 0.509. The van der Waals surface area contributed by atoms with Crippen molar-refractivity contribution in [2.45, 2.75) is 12.5 Å². The lowest BCUT2D eigenvalue weighted by Crippen LogP contribution is -2.32. The van der Waals surface area contributed by atoms with Gasteiger partial charge in [-0.05, 0) is 63.0 Å². The van der Waals surface area contributed by atoms with Crippen molar-refractivity contribution in [2.75, 3.05) is 34.3 Å². The Bertz CT molecular complexity index is 1110. The molecule has 10 heteroatoms. The van der Waals surface area contributed by atoms with Crippen molar-refractivity contribution in [3.8, 4) is 5.75 Å². The molecule has 1 amide bonds. The van der Waals surface area contributed by atoms with Gasteiger partial charge in [0.25, 0.3) is 17.4 Å². The van der Waals surface area contributed by atoms with Crippen molar-refractivity contribution in [3.05, 3.63) is 74.3 Å². The molecular weight excluding hydrogens is 450 g/mol. The molecule has 33 heavy (non-hydrogen) atoms. The number of ketones is 1. The minimum atomic E-state index is -0.895.